The van der Waals surface area contributed by atoms with Crippen molar-refractivity contribution in [2.45, 2.75) is 49.5 Å². The van der Waals surface area contributed by atoms with E-state index < -0.39 is 15.9 Å². The molecule has 0 aliphatic heterocycles. The molecule has 1 aromatic rings. The Labute approximate surface area is 166 Å². The molecule has 5 nitrogen and oxygen atoms in total. The molecule has 9 heteroatoms. The summed E-state index contributed by atoms with van der Waals surface area (Å²) in [6.07, 6.45) is 2.84. The Balaban J connectivity index is 2.36. The number of methoxy groups -OCH3 is 1. The van der Waals surface area contributed by atoms with E-state index in [1.807, 2.05) is 0 Å². The lowest BCUT2D eigenvalue weighted by atomic mass is 9.95. The summed E-state index contributed by atoms with van der Waals surface area (Å²) >= 11 is 19.5. The van der Waals surface area contributed by atoms with Crippen LogP contribution in [0.5, 0.6) is 0 Å². The number of anilines is 1. The first-order chi connectivity index (χ1) is 11.6. The van der Waals surface area contributed by atoms with E-state index >= 15 is 0 Å². The largest absolute Gasteiger partial charge is 0.465 e. The van der Waals surface area contributed by atoms with E-state index in [1.54, 1.807) is 13.8 Å². The van der Waals surface area contributed by atoms with E-state index in [0.717, 1.165) is 36.1 Å². The lowest BCUT2D eigenvalue weighted by molar-refractivity contribution is -0.124. The van der Waals surface area contributed by atoms with Crippen LogP contribution in [0.2, 0.25) is 0 Å². The van der Waals surface area contributed by atoms with Crippen molar-refractivity contribution in [2.24, 2.45) is 5.92 Å². The molecular formula is C16H21Cl3N2O3S. The molecule has 1 aliphatic rings. The van der Waals surface area contributed by atoms with E-state index in [2.05, 4.69) is 10.6 Å². The minimum atomic E-state index is -1.79. The number of carbonyl (C=O) groups is 2. The van der Waals surface area contributed by atoms with Crippen LogP contribution < -0.4 is 10.6 Å². The molecule has 0 saturated heterocycles. The molecule has 140 valence electrons. The fourth-order valence-corrected chi connectivity index (χ4v) is 4.26. The standard InChI is InChI=1S/C16H21Cl3N2O3S/c1-8(2)12(22)20-15(16(17,18)19)21-13-11(14(23)24-3)9-6-4-5-7-10(9)25-13/h8,15,21H,4-7H2,1-3H3,(H,20,22)/t15-/m1/s1. The zero-order chi connectivity index (χ0) is 18.8. The van der Waals surface area contributed by atoms with Gasteiger partial charge in [0.1, 0.15) is 11.2 Å². The third kappa shape index (κ3) is 4.94. The maximum atomic E-state index is 12.3. The van der Waals surface area contributed by atoms with Gasteiger partial charge in [-0.05, 0) is 31.2 Å². The molecule has 1 amide bonds. The molecule has 0 spiro atoms. The predicted octanol–water partition coefficient (Wildman–Crippen LogP) is 4.29. The van der Waals surface area contributed by atoms with Gasteiger partial charge in [0.15, 0.2) is 0 Å². The van der Waals surface area contributed by atoms with Gasteiger partial charge in [-0.3, -0.25) is 4.79 Å². The number of esters is 1. The van der Waals surface area contributed by atoms with Gasteiger partial charge in [-0.2, -0.15) is 0 Å². The summed E-state index contributed by atoms with van der Waals surface area (Å²) in [5.41, 5.74) is 1.46. The van der Waals surface area contributed by atoms with E-state index in [4.69, 9.17) is 39.5 Å². The molecule has 0 fully saturated rings. The average Bonchev–Trinajstić information content (AvgIpc) is 2.90. The number of alkyl halides is 3. The number of rotatable bonds is 5. The summed E-state index contributed by atoms with van der Waals surface area (Å²) in [5.74, 6) is -0.960. The smallest absolute Gasteiger partial charge is 0.341 e. The van der Waals surface area contributed by atoms with Crippen molar-refractivity contribution >= 4 is 63.0 Å². The lowest BCUT2D eigenvalue weighted by Crippen LogP contribution is -2.50. The summed E-state index contributed by atoms with van der Waals surface area (Å²) in [5, 5.41) is 6.27. The van der Waals surface area contributed by atoms with Crippen molar-refractivity contribution in [3.8, 4) is 0 Å². The summed E-state index contributed by atoms with van der Waals surface area (Å²) < 4.78 is 3.14. The molecule has 0 saturated carbocycles. The van der Waals surface area contributed by atoms with Crippen LogP contribution in [0.25, 0.3) is 0 Å². The normalized spacial score (nSPS) is 15.5. The summed E-state index contributed by atoms with van der Waals surface area (Å²) in [6, 6.07) is 0. The third-order valence-electron chi connectivity index (χ3n) is 3.97. The predicted molar refractivity (Wildman–Crippen MR) is 103 cm³/mol. The Morgan fingerprint density at radius 2 is 1.84 bits per heavy atom. The number of carbonyl (C=O) groups excluding carboxylic acids is 2. The number of fused-ring (bicyclic) bond motifs is 1. The minimum Gasteiger partial charge on any atom is -0.465 e. The summed E-state index contributed by atoms with van der Waals surface area (Å²) in [7, 11) is 1.34. The summed E-state index contributed by atoms with van der Waals surface area (Å²) in [4.78, 5) is 25.5. The highest BCUT2D eigenvalue weighted by Crippen LogP contribution is 2.40. The van der Waals surface area contributed by atoms with E-state index in [1.165, 1.54) is 18.4 Å². The van der Waals surface area contributed by atoms with Crippen molar-refractivity contribution in [3.63, 3.8) is 0 Å². The summed E-state index contributed by atoms with van der Waals surface area (Å²) in [6.45, 7) is 3.49. The molecule has 1 aromatic heterocycles. The molecule has 1 atom stereocenters. The lowest BCUT2D eigenvalue weighted by Gasteiger charge is -2.28. The monoisotopic (exact) mass is 426 g/mol. The molecule has 25 heavy (non-hydrogen) atoms. The first-order valence-corrected chi connectivity index (χ1v) is 9.96. The van der Waals surface area contributed by atoms with Gasteiger partial charge >= 0.3 is 5.97 Å². The van der Waals surface area contributed by atoms with Crippen LogP contribution in [-0.2, 0) is 22.4 Å². The topological polar surface area (TPSA) is 67.4 Å². The Bertz CT molecular complexity index is 656. The maximum absolute atomic E-state index is 12.3. The molecule has 1 heterocycles. The van der Waals surface area contributed by atoms with Gasteiger partial charge < -0.3 is 15.4 Å². The number of halogens is 3. The highest BCUT2D eigenvalue weighted by atomic mass is 35.6. The number of hydrogen-bond acceptors (Lipinski definition) is 5. The molecule has 0 unspecified atom stereocenters. The van der Waals surface area contributed by atoms with Gasteiger partial charge in [0, 0.05) is 10.8 Å². The quantitative estimate of drug-likeness (QED) is 0.418. The van der Waals surface area contributed by atoms with E-state index in [0.29, 0.717) is 10.6 Å². The molecular weight excluding hydrogens is 407 g/mol. The molecule has 0 bridgehead atoms. The van der Waals surface area contributed by atoms with Crippen LogP contribution in [0.3, 0.4) is 0 Å². The van der Waals surface area contributed by atoms with Crippen molar-refractivity contribution in [1.82, 2.24) is 5.32 Å². The van der Waals surface area contributed by atoms with Crippen LogP contribution in [0.1, 0.15) is 47.5 Å². The first kappa shape index (κ1) is 20.6. The Kier molecular flexibility index (Phi) is 6.87. The van der Waals surface area contributed by atoms with Gasteiger partial charge in [-0.15, -0.1) is 11.3 Å². The molecule has 0 aromatic carbocycles. The fraction of sp³-hybridized carbons (Fsp3) is 0.625. The second-order valence-corrected chi connectivity index (χ2v) is 9.66. The average molecular weight is 428 g/mol. The number of ether oxygens (including phenoxy) is 1. The zero-order valence-electron chi connectivity index (χ0n) is 14.3. The van der Waals surface area contributed by atoms with Crippen LogP contribution in [0.4, 0.5) is 5.00 Å². The van der Waals surface area contributed by atoms with E-state index in [-0.39, 0.29) is 11.8 Å². The van der Waals surface area contributed by atoms with Gasteiger partial charge in [-0.1, -0.05) is 48.7 Å². The van der Waals surface area contributed by atoms with Crippen LogP contribution in [0, 0.1) is 5.92 Å². The SMILES string of the molecule is COC(=O)c1c(N[C@@H](NC(=O)C(C)C)C(Cl)(Cl)Cl)sc2c1CCCC2. The second-order valence-electron chi connectivity index (χ2n) is 6.19. The highest BCUT2D eigenvalue weighted by Gasteiger charge is 2.37. The fourth-order valence-electron chi connectivity index (χ4n) is 2.63. The van der Waals surface area contributed by atoms with Crippen LogP contribution in [0.15, 0.2) is 0 Å². The zero-order valence-corrected chi connectivity index (χ0v) is 17.3. The minimum absolute atomic E-state index is 0.259. The van der Waals surface area contributed by atoms with E-state index in [9.17, 15) is 9.59 Å². The molecule has 1 aliphatic carbocycles. The number of aryl methyl sites for hydroxylation is 1. The first-order valence-electron chi connectivity index (χ1n) is 8.01. The van der Waals surface area contributed by atoms with Crippen molar-refractivity contribution < 1.29 is 14.3 Å². The van der Waals surface area contributed by atoms with Crippen molar-refractivity contribution in [3.05, 3.63) is 16.0 Å². The molecule has 2 N–H and O–H groups in total. The number of hydrogen-bond donors (Lipinski definition) is 2. The van der Waals surface area contributed by atoms with Gasteiger partial charge in [0.25, 0.3) is 0 Å². The Hall–Kier alpha value is -0.690. The van der Waals surface area contributed by atoms with Crippen LogP contribution in [-0.4, -0.2) is 28.9 Å². The molecule has 0 radical (unpaired) electrons. The number of thiophene rings is 1. The third-order valence-corrected chi connectivity index (χ3v) is 5.85. The van der Waals surface area contributed by atoms with Crippen LogP contribution >= 0.6 is 46.1 Å². The van der Waals surface area contributed by atoms with Gasteiger partial charge in [0.2, 0.25) is 9.70 Å². The van der Waals surface area contributed by atoms with Gasteiger partial charge in [-0.25, -0.2) is 4.79 Å². The Morgan fingerprint density at radius 1 is 1.20 bits per heavy atom. The van der Waals surface area contributed by atoms with Crippen molar-refractivity contribution in [2.75, 3.05) is 12.4 Å². The number of nitrogens with one attached hydrogen (secondary N) is 2. The maximum Gasteiger partial charge on any atom is 0.341 e. The molecule has 2 rings (SSSR count). The van der Waals surface area contributed by atoms with Gasteiger partial charge in [0.05, 0.1) is 12.7 Å². The highest BCUT2D eigenvalue weighted by molar-refractivity contribution is 7.16. The van der Waals surface area contributed by atoms with Crippen molar-refractivity contribution in [1.29, 1.82) is 0 Å². The Morgan fingerprint density at radius 3 is 2.40 bits per heavy atom. The number of amides is 1. The second kappa shape index (κ2) is 8.33.